The average Bonchev–Trinajstić information content (AvgIpc) is 3.10. The van der Waals surface area contributed by atoms with Gasteiger partial charge >= 0.3 is 0 Å². The summed E-state index contributed by atoms with van der Waals surface area (Å²) in [6, 6.07) is 5.64. The summed E-state index contributed by atoms with van der Waals surface area (Å²) >= 11 is 10.3. The molecule has 0 aliphatic carbocycles. The maximum atomic E-state index is 12.0. The van der Waals surface area contributed by atoms with E-state index in [9.17, 15) is 9.59 Å². The minimum atomic E-state index is -0.277. The number of aryl methyl sites for hydroxylation is 2. The smallest absolute Gasteiger partial charge is 0.272 e. The third-order valence-electron chi connectivity index (χ3n) is 2.99. The molecule has 0 saturated carbocycles. The van der Waals surface area contributed by atoms with E-state index in [1.807, 2.05) is 25.1 Å². The van der Waals surface area contributed by atoms with E-state index in [1.165, 1.54) is 39.3 Å². The molecule has 0 unspecified atom stereocenters. The second-order valence-electron chi connectivity index (χ2n) is 4.77. The van der Waals surface area contributed by atoms with E-state index >= 15 is 0 Å². The molecule has 0 saturated heterocycles. The van der Waals surface area contributed by atoms with Crippen LogP contribution in [-0.4, -0.2) is 17.6 Å². The molecule has 2 rings (SSSR count). The summed E-state index contributed by atoms with van der Waals surface area (Å²) in [5.41, 5.74) is 6.01. The Morgan fingerprint density at radius 3 is 2.65 bits per heavy atom. The summed E-state index contributed by atoms with van der Waals surface area (Å²) in [6.07, 6.45) is 0.902. The molecule has 0 spiro atoms. The minimum absolute atomic E-state index is 0.227. The van der Waals surface area contributed by atoms with Crippen molar-refractivity contribution in [1.82, 2.24) is 10.9 Å². The van der Waals surface area contributed by atoms with Crippen molar-refractivity contribution >= 4 is 57.9 Å². The lowest BCUT2D eigenvalue weighted by Crippen LogP contribution is -2.42. The van der Waals surface area contributed by atoms with Crippen molar-refractivity contribution in [3.8, 4) is 0 Å². The quantitative estimate of drug-likeness (QED) is 0.734. The SMILES string of the molecule is CCc1sc(C(=O)NNC(=O)CSCc2ccc(Cl)s2)cc1C. The molecule has 0 fully saturated rings. The van der Waals surface area contributed by atoms with Crippen LogP contribution in [0.1, 0.15) is 31.9 Å². The number of hydrogen-bond acceptors (Lipinski definition) is 5. The van der Waals surface area contributed by atoms with E-state index in [0.29, 0.717) is 4.88 Å². The number of nitrogens with one attached hydrogen (secondary N) is 2. The number of carbonyl (C=O) groups excluding carboxylic acids is 2. The van der Waals surface area contributed by atoms with E-state index < -0.39 is 0 Å². The van der Waals surface area contributed by atoms with Crippen LogP contribution in [0.3, 0.4) is 0 Å². The molecule has 23 heavy (non-hydrogen) atoms. The Kier molecular flexibility index (Phi) is 6.95. The molecule has 0 aliphatic rings. The highest BCUT2D eigenvalue weighted by atomic mass is 35.5. The van der Waals surface area contributed by atoms with Crippen molar-refractivity contribution in [2.45, 2.75) is 26.0 Å². The second kappa shape index (κ2) is 8.73. The summed E-state index contributed by atoms with van der Waals surface area (Å²) in [5.74, 6) is 0.499. The van der Waals surface area contributed by atoms with Gasteiger partial charge in [-0.25, -0.2) is 0 Å². The largest absolute Gasteiger partial charge is 0.279 e. The van der Waals surface area contributed by atoms with Crippen LogP contribution in [0.4, 0.5) is 0 Å². The summed E-state index contributed by atoms with van der Waals surface area (Å²) in [7, 11) is 0. The normalized spacial score (nSPS) is 10.6. The molecule has 0 atom stereocenters. The molecule has 2 aromatic heterocycles. The summed E-state index contributed by atoms with van der Waals surface area (Å²) in [4.78, 5) is 26.7. The van der Waals surface area contributed by atoms with Gasteiger partial charge in [-0.3, -0.25) is 20.4 Å². The van der Waals surface area contributed by atoms with E-state index in [4.69, 9.17) is 11.6 Å². The highest BCUT2D eigenvalue weighted by Gasteiger charge is 2.12. The number of thiophene rings is 2. The third-order valence-corrected chi connectivity index (χ3v) is 6.76. The molecular formula is C15H17ClN2O2S3. The van der Waals surface area contributed by atoms with Gasteiger partial charge in [-0.2, -0.15) is 0 Å². The third kappa shape index (κ3) is 5.53. The Morgan fingerprint density at radius 1 is 1.26 bits per heavy atom. The molecule has 0 aliphatic heterocycles. The van der Waals surface area contributed by atoms with Gasteiger partial charge in [0.15, 0.2) is 0 Å². The minimum Gasteiger partial charge on any atom is -0.272 e. The molecule has 0 aromatic carbocycles. The standard InChI is InChI=1S/C15H17ClN2O2S3/c1-3-11-9(2)6-12(23-11)15(20)18-17-14(19)8-21-7-10-4-5-13(16)22-10/h4-6H,3,7-8H2,1-2H3,(H,17,19)(H,18,20). The molecular weight excluding hydrogens is 372 g/mol. The predicted molar refractivity (Wildman–Crippen MR) is 99.5 cm³/mol. The molecule has 124 valence electrons. The van der Waals surface area contributed by atoms with Gasteiger partial charge in [0.1, 0.15) is 0 Å². The van der Waals surface area contributed by atoms with Gasteiger partial charge in [-0.15, -0.1) is 34.4 Å². The lowest BCUT2D eigenvalue weighted by Gasteiger charge is -2.05. The molecule has 2 aromatic rings. The predicted octanol–water partition coefficient (Wildman–Crippen LogP) is 4.03. The first-order valence-electron chi connectivity index (χ1n) is 7.00. The highest BCUT2D eigenvalue weighted by molar-refractivity contribution is 7.99. The van der Waals surface area contributed by atoms with Crippen molar-refractivity contribution in [2.75, 3.05) is 5.75 Å². The lowest BCUT2D eigenvalue weighted by molar-refractivity contribution is -0.119. The van der Waals surface area contributed by atoms with E-state index in [2.05, 4.69) is 17.8 Å². The first-order valence-corrected chi connectivity index (χ1v) is 10.2. The van der Waals surface area contributed by atoms with Crippen LogP contribution < -0.4 is 10.9 Å². The van der Waals surface area contributed by atoms with E-state index in [1.54, 1.807) is 0 Å². The van der Waals surface area contributed by atoms with E-state index in [-0.39, 0.29) is 17.6 Å². The van der Waals surface area contributed by atoms with Crippen molar-refractivity contribution in [3.63, 3.8) is 0 Å². The van der Waals surface area contributed by atoms with Crippen LogP contribution in [-0.2, 0) is 17.0 Å². The first-order chi connectivity index (χ1) is 11.0. The number of hydrazine groups is 1. The second-order valence-corrected chi connectivity index (χ2v) is 8.69. The van der Waals surface area contributed by atoms with Gasteiger partial charge < -0.3 is 0 Å². The van der Waals surface area contributed by atoms with Crippen LogP contribution in [0, 0.1) is 6.92 Å². The molecule has 0 bridgehead atoms. The number of rotatable bonds is 6. The maximum Gasteiger partial charge on any atom is 0.279 e. The first kappa shape index (κ1) is 18.3. The zero-order valence-electron chi connectivity index (χ0n) is 12.8. The van der Waals surface area contributed by atoms with Crippen LogP contribution in [0.2, 0.25) is 4.34 Å². The van der Waals surface area contributed by atoms with Crippen molar-refractivity contribution < 1.29 is 9.59 Å². The number of halogens is 1. The Morgan fingerprint density at radius 2 is 2.04 bits per heavy atom. The Balaban J connectivity index is 1.72. The number of thioether (sulfide) groups is 1. The van der Waals surface area contributed by atoms with Gasteiger partial charge in [0.25, 0.3) is 5.91 Å². The van der Waals surface area contributed by atoms with Crippen LogP contribution in [0.25, 0.3) is 0 Å². The number of carbonyl (C=O) groups is 2. The highest BCUT2D eigenvalue weighted by Crippen LogP contribution is 2.25. The zero-order chi connectivity index (χ0) is 16.8. The molecule has 0 radical (unpaired) electrons. The number of amides is 2. The fourth-order valence-electron chi connectivity index (χ4n) is 1.88. The zero-order valence-corrected chi connectivity index (χ0v) is 16.0. The summed E-state index contributed by atoms with van der Waals surface area (Å²) in [6.45, 7) is 4.04. The topological polar surface area (TPSA) is 58.2 Å². The van der Waals surface area contributed by atoms with Gasteiger partial charge in [-0.05, 0) is 37.1 Å². The lowest BCUT2D eigenvalue weighted by atomic mass is 10.2. The molecule has 2 amide bonds. The summed E-state index contributed by atoms with van der Waals surface area (Å²) < 4.78 is 0.745. The van der Waals surface area contributed by atoms with Gasteiger partial charge in [0.2, 0.25) is 5.91 Å². The fourth-order valence-corrected chi connectivity index (χ4v) is 4.92. The van der Waals surface area contributed by atoms with Crippen LogP contribution in [0.5, 0.6) is 0 Å². The van der Waals surface area contributed by atoms with Crippen LogP contribution in [0.15, 0.2) is 18.2 Å². The monoisotopic (exact) mass is 388 g/mol. The molecule has 8 heteroatoms. The Hall–Kier alpha value is -1.02. The van der Waals surface area contributed by atoms with Crippen molar-refractivity contribution in [1.29, 1.82) is 0 Å². The summed E-state index contributed by atoms with van der Waals surface area (Å²) in [5, 5.41) is 0. The Bertz CT molecular complexity index is 697. The molecule has 2 N–H and O–H groups in total. The van der Waals surface area contributed by atoms with Gasteiger partial charge in [0, 0.05) is 15.5 Å². The van der Waals surface area contributed by atoms with Crippen molar-refractivity contribution in [3.05, 3.63) is 42.7 Å². The maximum absolute atomic E-state index is 12.0. The number of hydrogen-bond donors (Lipinski definition) is 2. The van der Waals surface area contributed by atoms with Gasteiger partial charge in [-0.1, -0.05) is 18.5 Å². The van der Waals surface area contributed by atoms with Crippen molar-refractivity contribution in [2.24, 2.45) is 0 Å². The molecule has 4 nitrogen and oxygen atoms in total. The average molecular weight is 389 g/mol. The fraction of sp³-hybridized carbons (Fsp3) is 0.333. The molecule has 2 heterocycles. The van der Waals surface area contributed by atoms with Gasteiger partial charge in [0.05, 0.1) is 15.0 Å². The van der Waals surface area contributed by atoms with E-state index in [0.717, 1.165) is 27.0 Å². The Labute approximate surface area is 152 Å². The van der Waals surface area contributed by atoms with Crippen LogP contribution >= 0.6 is 46.0 Å².